The maximum Gasteiger partial charge on any atom is 0.174 e. The Morgan fingerprint density at radius 1 is 0.519 bits per heavy atom. The van der Waals surface area contributed by atoms with E-state index in [-0.39, 0.29) is 79.1 Å². The van der Waals surface area contributed by atoms with E-state index in [9.17, 15) is 30.6 Å². The second-order valence-electron chi connectivity index (χ2n) is 25.9. The van der Waals surface area contributed by atoms with Crippen molar-refractivity contribution in [1.29, 1.82) is 0 Å². The lowest BCUT2D eigenvalue weighted by molar-refractivity contribution is -0.339. The van der Waals surface area contributed by atoms with E-state index in [1.54, 1.807) is 6.08 Å². The van der Waals surface area contributed by atoms with Crippen molar-refractivity contribution in [2.75, 3.05) is 13.2 Å². The van der Waals surface area contributed by atoms with Crippen LogP contribution in [-0.4, -0.2) is 220 Å². The summed E-state index contributed by atoms with van der Waals surface area (Å²) >= 11 is 0. The molecule has 0 unspecified atom stereocenters. The number of rotatable bonds is 3. The normalized spacial score (nSPS) is 56.4. The van der Waals surface area contributed by atoms with Crippen molar-refractivity contribution < 1.29 is 92.2 Å². The summed E-state index contributed by atoms with van der Waals surface area (Å²) < 4.78 is 89.0. The molecule has 13 heterocycles. The van der Waals surface area contributed by atoms with Crippen LogP contribution in [0.5, 0.6) is 0 Å². The largest absolute Gasteiger partial charge is 0.393 e. The summed E-state index contributed by atoms with van der Waals surface area (Å²) in [6.07, 6.45) is 10.5. The van der Waals surface area contributed by atoms with Crippen LogP contribution in [0.3, 0.4) is 0 Å². The summed E-state index contributed by atoms with van der Waals surface area (Å²) in [5.41, 5.74) is -1.04. The van der Waals surface area contributed by atoms with E-state index in [1.165, 1.54) is 6.08 Å². The van der Waals surface area contributed by atoms with Crippen molar-refractivity contribution in [3.63, 3.8) is 0 Å². The van der Waals surface area contributed by atoms with Crippen molar-refractivity contribution in [3.8, 4) is 0 Å². The van der Waals surface area contributed by atoms with Gasteiger partial charge in [0.05, 0.1) is 129 Å². The molecule has 0 aromatic rings. The highest BCUT2D eigenvalue weighted by molar-refractivity contribution is 5.18. The molecule has 0 saturated carbocycles. The fourth-order valence-corrected chi connectivity index (χ4v) is 15.9. The monoisotopic (exact) mass is 1110 g/mol. The third kappa shape index (κ3) is 10.5. The molecule has 0 radical (unpaired) electrons. The molecule has 13 rings (SSSR count). The smallest absolute Gasteiger partial charge is 0.174 e. The number of aliphatic hydroxyl groups is 6. The summed E-state index contributed by atoms with van der Waals surface area (Å²) in [5.74, 6) is -1.19. The van der Waals surface area contributed by atoms with Crippen LogP contribution in [0.25, 0.3) is 0 Å². The molecule has 13 aliphatic rings. The van der Waals surface area contributed by atoms with Gasteiger partial charge in [0.15, 0.2) is 5.79 Å². The highest BCUT2D eigenvalue weighted by Gasteiger charge is 2.63. The second kappa shape index (κ2) is 22.4. The van der Waals surface area contributed by atoms with Gasteiger partial charge in [0, 0.05) is 43.9 Å². The van der Waals surface area contributed by atoms with Gasteiger partial charge in [-0.15, -0.1) is 0 Å². The molecule has 9 saturated heterocycles. The van der Waals surface area contributed by atoms with Gasteiger partial charge >= 0.3 is 0 Å². The van der Waals surface area contributed by atoms with Crippen molar-refractivity contribution in [3.05, 3.63) is 60.8 Å². The zero-order valence-electron chi connectivity index (χ0n) is 46.1. The first-order valence-corrected chi connectivity index (χ1v) is 30.0. The van der Waals surface area contributed by atoms with Crippen LogP contribution in [0.15, 0.2) is 60.8 Å². The Morgan fingerprint density at radius 2 is 1.14 bits per heavy atom. The summed E-state index contributed by atoms with van der Waals surface area (Å²) in [6, 6.07) is 0. The number of aliphatic hydroxyl groups excluding tert-OH is 6. The summed E-state index contributed by atoms with van der Waals surface area (Å²) in [6.45, 7) is 10.3. The quantitative estimate of drug-likeness (QED) is 0.223. The van der Waals surface area contributed by atoms with E-state index in [4.69, 9.17) is 61.6 Å². The average Bonchev–Trinajstić information content (AvgIpc) is 3.66. The molecule has 19 heteroatoms. The summed E-state index contributed by atoms with van der Waals surface area (Å²) in [5, 5.41) is 65.9. The number of hydrogen-bond donors (Lipinski definition) is 6. The lowest BCUT2D eigenvalue weighted by Crippen LogP contribution is -2.63. The Kier molecular flexibility index (Phi) is 15.9. The van der Waals surface area contributed by atoms with Gasteiger partial charge in [0.2, 0.25) is 0 Å². The molecule has 9 fully saturated rings. The van der Waals surface area contributed by atoms with E-state index in [0.717, 1.165) is 6.42 Å². The maximum atomic E-state index is 12.4. The maximum absolute atomic E-state index is 12.4. The van der Waals surface area contributed by atoms with Crippen LogP contribution in [0.1, 0.15) is 98.8 Å². The molecule has 33 atom stereocenters. The molecule has 13 aliphatic heterocycles. The molecule has 0 aromatic carbocycles. The van der Waals surface area contributed by atoms with Crippen molar-refractivity contribution in [2.24, 2.45) is 23.7 Å². The van der Waals surface area contributed by atoms with Gasteiger partial charge in [-0.3, -0.25) is 0 Å². The van der Waals surface area contributed by atoms with E-state index >= 15 is 0 Å². The van der Waals surface area contributed by atoms with Crippen molar-refractivity contribution >= 4 is 0 Å². The van der Waals surface area contributed by atoms with E-state index in [2.05, 4.69) is 32.9 Å². The molecular weight excluding hydrogens is 1020 g/mol. The minimum atomic E-state index is -1.04. The van der Waals surface area contributed by atoms with E-state index in [0.29, 0.717) is 57.8 Å². The van der Waals surface area contributed by atoms with E-state index in [1.807, 2.05) is 50.3 Å². The first-order chi connectivity index (χ1) is 38.0. The van der Waals surface area contributed by atoms with Gasteiger partial charge in [-0.1, -0.05) is 88.5 Å². The molecule has 1 spiro atoms. The van der Waals surface area contributed by atoms with Gasteiger partial charge < -0.3 is 92.2 Å². The first kappa shape index (κ1) is 56.1. The van der Waals surface area contributed by atoms with E-state index < -0.39 is 134 Å². The Bertz CT molecular complexity index is 2300. The van der Waals surface area contributed by atoms with Crippen LogP contribution in [0, 0.1) is 23.7 Å². The molecule has 0 amide bonds. The van der Waals surface area contributed by atoms with Crippen LogP contribution in [0.4, 0.5) is 0 Å². The molecule has 0 aromatic heterocycles. The predicted molar refractivity (Wildman–Crippen MR) is 279 cm³/mol. The molecule has 440 valence electrons. The van der Waals surface area contributed by atoms with Crippen LogP contribution in [0.2, 0.25) is 0 Å². The van der Waals surface area contributed by atoms with Crippen LogP contribution < -0.4 is 0 Å². The number of fused-ring (bicyclic) bond motifs is 11. The fourth-order valence-electron chi connectivity index (χ4n) is 15.9. The summed E-state index contributed by atoms with van der Waals surface area (Å²) in [4.78, 5) is 0. The molecule has 19 nitrogen and oxygen atoms in total. The SMILES string of the molecule is C[C@@H]1C[C@@H]2O[C@@H]3[C@@H](C)[C@H](O)[C@@H]4O[C@]5(C[C@H](O)CO5)[C@@H](C)[C@H](C)[C@H]4O[C@H]3C[C@H]2O[C@H]2C[C@H]3O[C@H]4CC=CC[C@H]5O[C@H]6C=C[C@H]7O[C@H]8[C@H](O)[C@H]9O[C@@H](C=C[C@H](O)CO)C=CC[C@@H]9O[C@@H]8C[C@@H]7O[C@@H]6C=C[C@@H]5O[C@@H]4C[C@@H](O)[C@]3(C)O[C@@H]2C1. The lowest BCUT2D eigenvalue weighted by atomic mass is 9.75. The zero-order chi connectivity index (χ0) is 54.6. The standard InChI is InChI=1S/C60H86O19/c1-28-19-42-44(22-48-54(76-42)30(3)52(65)58-55(77-48)29(2)31(4)60(79-58)25-33(63)27-67-60)73-46-24-51-59(5,78-47(46)20-28)50(64)23-45-36(74-51)11-7-6-10-35-37(71-45)15-16-39-38(69-35)17-18-40-43(70-39)21-49-57(75-40)53(66)56-41(72-49)12-8-9-34(68-56)14-13-32(62)26-61/h6-9,13-18,28-58,61-66H,10-12,19-27H2,1-5H3/t28-,29+,30+,31+,32+,33+,34-,35-,36+,37+,38+,39-,40-,41+,42+,43+,44-,45-,46+,47-,48+,49-,50-,51-,52+,53-,54-,55-,56+,57-,58+,59+,60-/m1/s1. The van der Waals surface area contributed by atoms with Crippen LogP contribution in [-0.2, 0) is 61.6 Å². The minimum Gasteiger partial charge on any atom is -0.393 e. The Labute approximate surface area is 463 Å². The predicted octanol–water partition coefficient (Wildman–Crippen LogP) is 2.97. The zero-order valence-corrected chi connectivity index (χ0v) is 46.1. The van der Waals surface area contributed by atoms with Gasteiger partial charge in [-0.25, -0.2) is 0 Å². The Morgan fingerprint density at radius 3 is 1.91 bits per heavy atom. The molecule has 6 N–H and O–H groups in total. The summed E-state index contributed by atoms with van der Waals surface area (Å²) in [7, 11) is 0. The molecule has 0 bridgehead atoms. The van der Waals surface area contributed by atoms with Gasteiger partial charge in [-0.2, -0.15) is 0 Å². The van der Waals surface area contributed by atoms with Crippen molar-refractivity contribution in [2.45, 2.75) is 275 Å². The number of hydrogen-bond acceptors (Lipinski definition) is 19. The molecule has 0 aliphatic carbocycles. The highest BCUT2D eigenvalue weighted by atomic mass is 16.7. The first-order valence-electron chi connectivity index (χ1n) is 30.0. The second-order valence-corrected chi connectivity index (χ2v) is 25.9. The van der Waals surface area contributed by atoms with Crippen molar-refractivity contribution in [1.82, 2.24) is 0 Å². The fraction of sp³-hybridized carbons (Fsp3) is 0.833. The third-order valence-corrected chi connectivity index (χ3v) is 20.6. The van der Waals surface area contributed by atoms with Gasteiger partial charge in [-0.05, 0) is 50.9 Å². The third-order valence-electron chi connectivity index (χ3n) is 20.6. The highest BCUT2D eigenvalue weighted by Crippen LogP contribution is 2.52. The van der Waals surface area contributed by atoms with Crippen LogP contribution >= 0.6 is 0 Å². The Hall–Kier alpha value is -2.06. The lowest BCUT2D eigenvalue weighted by Gasteiger charge is -2.53. The molecule has 79 heavy (non-hydrogen) atoms. The Balaban J connectivity index is 0.677. The average molecular weight is 1110 g/mol. The van der Waals surface area contributed by atoms with Gasteiger partial charge in [0.25, 0.3) is 0 Å². The number of ether oxygens (including phenoxy) is 13. The van der Waals surface area contributed by atoms with Gasteiger partial charge in [0.1, 0.15) is 54.4 Å². The molecular formula is C60H86O19. The minimum absolute atomic E-state index is 0.0318. The topological polar surface area (TPSA) is 241 Å².